The Hall–Kier alpha value is -1.17. The van der Waals surface area contributed by atoms with Crippen molar-refractivity contribution in [1.82, 2.24) is 15.5 Å². The number of likely N-dealkylation sites (tertiary alicyclic amines) is 1. The third-order valence-electron chi connectivity index (χ3n) is 5.33. The van der Waals surface area contributed by atoms with Gasteiger partial charge in [-0.25, -0.2) is 4.39 Å². The third kappa shape index (κ3) is 11.1. The van der Waals surface area contributed by atoms with Crippen LogP contribution in [0, 0.1) is 5.82 Å². The second kappa shape index (κ2) is 17.3. The lowest BCUT2D eigenvalue weighted by Gasteiger charge is -2.33. The van der Waals surface area contributed by atoms with E-state index < -0.39 is 0 Å². The van der Waals surface area contributed by atoms with Crippen molar-refractivity contribution in [2.45, 2.75) is 45.2 Å². The molecule has 0 unspecified atom stereocenters. The molecule has 0 amide bonds. The maximum absolute atomic E-state index is 13.9. The summed E-state index contributed by atoms with van der Waals surface area (Å²) in [6, 6.07) is 5.56. The zero-order valence-electron chi connectivity index (χ0n) is 19.7. The molecule has 2 N–H and O–H groups in total. The number of piperidine rings is 1. The largest absolute Gasteiger partial charge is 0.494 e. The third-order valence-corrected chi connectivity index (χ3v) is 5.33. The van der Waals surface area contributed by atoms with Crippen molar-refractivity contribution in [3.8, 4) is 5.75 Å². The number of unbranched alkanes of at least 4 members (excludes halogenated alkanes) is 1. The van der Waals surface area contributed by atoms with Gasteiger partial charge < -0.3 is 24.8 Å². The number of ether oxygens (including phenoxy) is 3. The van der Waals surface area contributed by atoms with Crippen LogP contribution in [0.5, 0.6) is 5.75 Å². The van der Waals surface area contributed by atoms with E-state index in [4.69, 9.17) is 14.2 Å². The van der Waals surface area contributed by atoms with Crippen molar-refractivity contribution in [1.29, 1.82) is 0 Å². The summed E-state index contributed by atoms with van der Waals surface area (Å²) in [7, 11) is 3.27. The minimum absolute atomic E-state index is 0. The molecule has 2 rings (SSSR count). The van der Waals surface area contributed by atoms with Crippen LogP contribution in [-0.2, 0) is 16.0 Å². The number of guanidine groups is 1. The Kier molecular flexibility index (Phi) is 15.6. The van der Waals surface area contributed by atoms with Crippen LogP contribution in [0.15, 0.2) is 23.2 Å². The van der Waals surface area contributed by atoms with Gasteiger partial charge >= 0.3 is 0 Å². The van der Waals surface area contributed by atoms with Crippen LogP contribution in [0.3, 0.4) is 0 Å². The van der Waals surface area contributed by atoms with E-state index in [2.05, 4.69) is 27.4 Å². The van der Waals surface area contributed by atoms with E-state index in [9.17, 15) is 4.39 Å². The highest BCUT2D eigenvalue weighted by molar-refractivity contribution is 14.0. The highest BCUT2D eigenvalue weighted by Gasteiger charge is 2.20. The molecule has 9 heteroatoms. The second-order valence-electron chi connectivity index (χ2n) is 7.74. The van der Waals surface area contributed by atoms with Crippen LogP contribution in [-0.4, -0.2) is 77.1 Å². The van der Waals surface area contributed by atoms with Gasteiger partial charge in [0.2, 0.25) is 0 Å². The van der Waals surface area contributed by atoms with Gasteiger partial charge in [0, 0.05) is 45.9 Å². The first-order chi connectivity index (χ1) is 15.2. The summed E-state index contributed by atoms with van der Waals surface area (Å²) in [4.78, 5) is 6.66. The number of nitrogens with zero attached hydrogens (tertiary/aromatic N) is 2. The fourth-order valence-corrected chi connectivity index (χ4v) is 3.50. The predicted molar refractivity (Wildman–Crippen MR) is 138 cm³/mol. The first-order valence-corrected chi connectivity index (χ1v) is 11.3. The van der Waals surface area contributed by atoms with Gasteiger partial charge in [0.25, 0.3) is 0 Å². The van der Waals surface area contributed by atoms with Gasteiger partial charge in [-0.2, -0.15) is 0 Å². The highest BCUT2D eigenvalue weighted by Crippen LogP contribution is 2.20. The molecule has 7 nitrogen and oxygen atoms in total. The van der Waals surface area contributed by atoms with Crippen LogP contribution < -0.4 is 15.4 Å². The Morgan fingerprint density at radius 1 is 1.16 bits per heavy atom. The molecule has 1 saturated heterocycles. The zero-order chi connectivity index (χ0) is 22.3. The van der Waals surface area contributed by atoms with Gasteiger partial charge in [-0.3, -0.25) is 9.89 Å². The van der Waals surface area contributed by atoms with Gasteiger partial charge in [0.1, 0.15) is 0 Å². The summed E-state index contributed by atoms with van der Waals surface area (Å²) in [5.74, 6) is 0.786. The minimum Gasteiger partial charge on any atom is -0.494 e. The Bertz CT molecular complexity index is 658. The van der Waals surface area contributed by atoms with Gasteiger partial charge in [0.15, 0.2) is 17.5 Å². The Balaban J connectivity index is 0.00000512. The van der Waals surface area contributed by atoms with Crippen LogP contribution in [0.2, 0.25) is 0 Å². The molecule has 32 heavy (non-hydrogen) atoms. The van der Waals surface area contributed by atoms with E-state index in [0.717, 1.165) is 63.4 Å². The van der Waals surface area contributed by atoms with Gasteiger partial charge in [-0.1, -0.05) is 19.4 Å². The molecular formula is C23H40FIN4O3. The molecular weight excluding hydrogens is 526 g/mol. The monoisotopic (exact) mass is 566 g/mol. The SMILES string of the molecule is CCCCOCCOCCNC(=NC)NC1CCN(Cc2ccc(OC)c(F)c2)CC1.I. The summed E-state index contributed by atoms with van der Waals surface area (Å²) in [5, 5.41) is 6.80. The number of hydrogen-bond acceptors (Lipinski definition) is 5. The van der Waals surface area contributed by atoms with E-state index in [1.807, 2.05) is 6.07 Å². The molecule has 1 aromatic carbocycles. The number of rotatable bonds is 13. The van der Waals surface area contributed by atoms with Crippen molar-refractivity contribution in [2.24, 2.45) is 4.99 Å². The van der Waals surface area contributed by atoms with E-state index in [-0.39, 0.29) is 35.5 Å². The maximum atomic E-state index is 13.9. The summed E-state index contributed by atoms with van der Waals surface area (Å²) < 4.78 is 29.9. The molecule has 0 spiro atoms. The molecule has 0 saturated carbocycles. The minimum atomic E-state index is -0.306. The quantitative estimate of drug-likeness (QED) is 0.165. The Morgan fingerprint density at radius 3 is 2.50 bits per heavy atom. The molecule has 1 heterocycles. The van der Waals surface area contributed by atoms with Crippen LogP contribution >= 0.6 is 24.0 Å². The predicted octanol–water partition coefficient (Wildman–Crippen LogP) is 3.42. The molecule has 0 aliphatic carbocycles. The summed E-state index contributed by atoms with van der Waals surface area (Å²) >= 11 is 0. The van der Waals surface area contributed by atoms with Crippen molar-refractivity contribution >= 4 is 29.9 Å². The fourth-order valence-electron chi connectivity index (χ4n) is 3.50. The number of nitrogens with one attached hydrogen (secondary N) is 2. The first kappa shape index (κ1) is 28.9. The standard InChI is InChI=1S/C23H39FN4O3.HI/c1-4-5-13-30-15-16-31-14-10-26-23(25-2)27-20-8-11-28(12-9-20)18-19-6-7-22(29-3)21(24)17-19;/h6-7,17,20H,4-5,8-16,18H2,1-3H3,(H2,25,26,27);1H. The lowest BCUT2D eigenvalue weighted by atomic mass is 10.0. The molecule has 1 aliphatic rings. The Morgan fingerprint density at radius 2 is 1.88 bits per heavy atom. The number of benzene rings is 1. The summed E-state index contributed by atoms with van der Waals surface area (Å²) in [6.45, 7) is 8.23. The summed E-state index contributed by atoms with van der Waals surface area (Å²) in [5.41, 5.74) is 0.970. The topological polar surface area (TPSA) is 67.4 Å². The number of aliphatic imine (C=N–C) groups is 1. The number of methoxy groups -OCH3 is 1. The molecule has 1 fully saturated rings. The molecule has 0 radical (unpaired) electrons. The lowest BCUT2D eigenvalue weighted by molar-refractivity contribution is 0.0487. The van der Waals surface area contributed by atoms with Crippen molar-refractivity contribution in [2.75, 3.05) is 60.2 Å². The van der Waals surface area contributed by atoms with E-state index in [1.54, 1.807) is 19.2 Å². The second-order valence-corrected chi connectivity index (χ2v) is 7.74. The van der Waals surface area contributed by atoms with Crippen LogP contribution in [0.25, 0.3) is 0 Å². The molecule has 1 aromatic rings. The normalized spacial score (nSPS) is 15.3. The van der Waals surface area contributed by atoms with Crippen molar-refractivity contribution in [3.05, 3.63) is 29.6 Å². The van der Waals surface area contributed by atoms with E-state index in [1.165, 1.54) is 7.11 Å². The molecule has 0 aromatic heterocycles. The molecule has 0 atom stereocenters. The lowest BCUT2D eigenvalue weighted by Crippen LogP contribution is -2.49. The maximum Gasteiger partial charge on any atom is 0.191 e. The van der Waals surface area contributed by atoms with Gasteiger partial charge in [0.05, 0.1) is 26.9 Å². The highest BCUT2D eigenvalue weighted by atomic mass is 127. The zero-order valence-corrected chi connectivity index (χ0v) is 22.0. The van der Waals surface area contributed by atoms with Crippen molar-refractivity contribution < 1.29 is 18.6 Å². The molecule has 184 valence electrons. The smallest absolute Gasteiger partial charge is 0.191 e. The Labute approximate surface area is 209 Å². The first-order valence-electron chi connectivity index (χ1n) is 11.3. The average molecular weight is 567 g/mol. The molecule has 1 aliphatic heterocycles. The van der Waals surface area contributed by atoms with Gasteiger partial charge in [-0.15, -0.1) is 24.0 Å². The van der Waals surface area contributed by atoms with Crippen LogP contribution in [0.4, 0.5) is 4.39 Å². The van der Waals surface area contributed by atoms with Crippen LogP contribution in [0.1, 0.15) is 38.2 Å². The van der Waals surface area contributed by atoms with E-state index >= 15 is 0 Å². The average Bonchev–Trinajstić information content (AvgIpc) is 2.78. The fraction of sp³-hybridized carbons (Fsp3) is 0.696. The summed E-state index contributed by atoms with van der Waals surface area (Å²) in [6.07, 6.45) is 4.29. The van der Waals surface area contributed by atoms with E-state index in [0.29, 0.717) is 32.4 Å². The van der Waals surface area contributed by atoms with Gasteiger partial charge in [-0.05, 0) is 37.0 Å². The number of hydrogen-bond donors (Lipinski definition) is 2. The number of halogens is 2. The van der Waals surface area contributed by atoms with Crippen molar-refractivity contribution in [3.63, 3.8) is 0 Å². The molecule has 0 bridgehead atoms.